The molecule has 1 atom stereocenters. The second-order valence-corrected chi connectivity index (χ2v) is 6.96. The number of hydrogen-bond donors (Lipinski definition) is 1. The summed E-state index contributed by atoms with van der Waals surface area (Å²) in [4.78, 5) is 1.17. The van der Waals surface area contributed by atoms with Crippen molar-refractivity contribution in [2.24, 2.45) is 0 Å². The van der Waals surface area contributed by atoms with E-state index in [9.17, 15) is 4.39 Å². The quantitative estimate of drug-likeness (QED) is 0.638. The van der Waals surface area contributed by atoms with Gasteiger partial charge in [-0.05, 0) is 48.5 Å². The first-order valence-electron chi connectivity index (χ1n) is 6.67. The van der Waals surface area contributed by atoms with Gasteiger partial charge in [-0.3, -0.25) is 0 Å². The van der Waals surface area contributed by atoms with Gasteiger partial charge in [0.15, 0.2) is 0 Å². The number of benzene rings is 2. The van der Waals surface area contributed by atoms with Crippen LogP contribution < -0.4 is 5.32 Å². The number of thioether (sulfide) groups is 1. The minimum absolute atomic E-state index is 0.0159. The van der Waals surface area contributed by atoms with Crippen LogP contribution in [-0.4, -0.2) is 12.3 Å². The van der Waals surface area contributed by atoms with Crippen molar-refractivity contribution < 1.29 is 4.39 Å². The van der Waals surface area contributed by atoms with Crippen molar-refractivity contribution >= 4 is 39.3 Å². The minimum Gasteiger partial charge on any atom is -0.309 e. The molecule has 0 spiro atoms. The van der Waals surface area contributed by atoms with Crippen molar-refractivity contribution in [3.63, 3.8) is 0 Å². The largest absolute Gasteiger partial charge is 0.309 e. The van der Waals surface area contributed by atoms with E-state index < -0.39 is 0 Å². The molecule has 1 N–H and O–H groups in total. The van der Waals surface area contributed by atoms with Crippen LogP contribution in [0.5, 0.6) is 0 Å². The molecule has 0 saturated heterocycles. The fourth-order valence-electron chi connectivity index (χ4n) is 2.02. The zero-order valence-electron chi connectivity index (χ0n) is 11.6. The third-order valence-corrected chi connectivity index (χ3v) is 4.92. The van der Waals surface area contributed by atoms with E-state index in [0.717, 1.165) is 22.3 Å². The Labute approximate surface area is 142 Å². The van der Waals surface area contributed by atoms with Gasteiger partial charge in [-0.15, -0.1) is 11.8 Å². The molecule has 0 amide bonds. The molecule has 112 valence electrons. The van der Waals surface area contributed by atoms with Crippen molar-refractivity contribution in [1.29, 1.82) is 0 Å². The fourth-order valence-corrected chi connectivity index (χ4v) is 3.86. The highest BCUT2D eigenvalue weighted by atomic mass is 79.9. The van der Waals surface area contributed by atoms with Crippen molar-refractivity contribution in [1.82, 2.24) is 5.32 Å². The Morgan fingerprint density at radius 3 is 2.81 bits per heavy atom. The molecule has 5 heteroatoms. The van der Waals surface area contributed by atoms with Crippen molar-refractivity contribution in [2.45, 2.75) is 17.9 Å². The molecule has 2 aromatic carbocycles. The minimum atomic E-state index is -0.259. The maximum atomic E-state index is 13.5. The standard InChI is InChI=1S/C16H16BrClFNS/c1-2-20-16(14-9-12(19)6-7-15(14)18)10-21-13-5-3-4-11(17)8-13/h3-9,16,20H,2,10H2,1H3. The first-order chi connectivity index (χ1) is 10.1. The number of rotatable bonds is 6. The van der Waals surface area contributed by atoms with Gasteiger partial charge in [0.05, 0.1) is 0 Å². The number of halogens is 3. The van der Waals surface area contributed by atoms with Crippen LogP contribution >= 0.6 is 39.3 Å². The summed E-state index contributed by atoms with van der Waals surface area (Å²) in [6.45, 7) is 2.83. The fraction of sp³-hybridized carbons (Fsp3) is 0.250. The lowest BCUT2D eigenvalue weighted by Gasteiger charge is -2.19. The van der Waals surface area contributed by atoms with E-state index in [0.29, 0.717) is 5.02 Å². The van der Waals surface area contributed by atoms with Gasteiger partial charge in [-0.1, -0.05) is 40.5 Å². The lowest BCUT2D eigenvalue weighted by Crippen LogP contribution is -2.23. The average molecular weight is 389 g/mol. The third-order valence-electron chi connectivity index (χ3n) is 3.00. The van der Waals surface area contributed by atoms with Gasteiger partial charge < -0.3 is 5.32 Å². The van der Waals surface area contributed by atoms with Gasteiger partial charge in [0.25, 0.3) is 0 Å². The van der Waals surface area contributed by atoms with E-state index in [-0.39, 0.29) is 11.9 Å². The highest BCUT2D eigenvalue weighted by molar-refractivity contribution is 9.10. The van der Waals surface area contributed by atoms with Crippen LogP contribution in [0.3, 0.4) is 0 Å². The molecule has 0 radical (unpaired) electrons. The van der Waals surface area contributed by atoms with Gasteiger partial charge in [-0.25, -0.2) is 4.39 Å². The molecule has 0 fully saturated rings. The second kappa shape index (κ2) is 8.18. The summed E-state index contributed by atoms with van der Waals surface area (Å²) < 4.78 is 14.5. The molecule has 0 aliphatic carbocycles. The third kappa shape index (κ3) is 4.99. The Balaban J connectivity index is 2.13. The summed E-state index contributed by atoms with van der Waals surface area (Å²) in [5.41, 5.74) is 0.806. The smallest absolute Gasteiger partial charge is 0.123 e. The summed E-state index contributed by atoms with van der Waals surface area (Å²) in [5.74, 6) is 0.526. The van der Waals surface area contributed by atoms with E-state index in [1.807, 2.05) is 19.1 Å². The molecule has 21 heavy (non-hydrogen) atoms. The molecule has 2 aromatic rings. The summed E-state index contributed by atoms with van der Waals surface area (Å²) >= 11 is 11.4. The highest BCUT2D eigenvalue weighted by Crippen LogP contribution is 2.30. The Bertz CT molecular complexity index is 609. The molecule has 0 heterocycles. The molecule has 0 aliphatic heterocycles. The van der Waals surface area contributed by atoms with Crippen molar-refractivity contribution in [3.05, 3.63) is 63.3 Å². The van der Waals surface area contributed by atoms with Crippen LogP contribution in [0.4, 0.5) is 4.39 Å². The van der Waals surface area contributed by atoms with Crippen LogP contribution in [0.1, 0.15) is 18.5 Å². The van der Waals surface area contributed by atoms with E-state index in [1.54, 1.807) is 17.8 Å². The molecule has 1 unspecified atom stereocenters. The lowest BCUT2D eigenvalue weighted by molar-refractivity contribution is 0.589. The molecule has 1 nitrogen and oxygen atoms in total. The molecule has 2 rings (SSSR count). The zero-order chi connectivity index (χ0) is 15.2. The number of nitrogens with one attached hydrogen (secondary N) is 1. The molecular formula is C16H16BrClFNS. The first-order valence-corrected chi connectivity index (χ1v) is 8.82. The Morgan fingerprint density at radius 2 is 2.10 bits per heavy atom. The normalized spacial score (nSPS) is 12.4. The van der Waals surface area contributed by atoms with Crippen LogP contribution in [0, 0.1) is 5.82 Å². The van der Waals surface area contributed by atoms with Crippen LogP contribution in [-0.2, 0) is 0 Å². The van der Waals surface area contributed by atoms with E-state index in [2.05, 4.69) is 33.4 Å². The van der Waals surface area contributed by atoms with Crippen LogP contribution in [0.15, 0.2) is 51.8 Å². The maximum absolute atomic E-state index is 13.5. The van der Waals surface area contributed by atoms with Gasteiger partial charge in [-0.2, -0.15) is 0 Å². The lowest BCUT2D eigenvalue weighted by atomic mass is 10.1. The Morgan fingerprint density at radius 1 is 1.29 bits per heavy atom. The molecule has 0 aliphatic rings. The summed E-state index contributed by atoms with van der Waals surface area (Å²) in [7, 11) is 0. The second-order valence-electron chi connectivity index (χ2n) is 4.54. The van der Waals surface area contributed by atoms with Crippen molar-refractivity contribution in [2.75, 3.05) is 12.3 Å². The molecule has 0 bridgehead atoms. The van der Waals surface area contributed by atoms with E-state index in [1.165, 1.54) is 17.0 Å². The SMILES string of the molecule is CCNC(CSc1cccc(Br)c1)c1cc(F)ccc1Cl. The Hall–Kier alpha value is -0.550. The molecule has 0 aromatic heterocycles. The predicted molar refractivity (Wildman–Crippen MR) is 92.7 cm³/mol. The van der Waals surface area contributed by atoms with Crippen LogP contribution in [0.2, 0.25) is 5.02 Å². The first kappa shape index (κ1) is 16.8. The summed E-state index contributed by atoms with van der Waals surface area (Å²) in [5, 5.41) is 3.96. The molecule has 0 saturated carbocycles. The maximum Gasteiger partial charge on any atom is 0.123 e. The Kier molecular flexibility index (Phi) is 6.55. The van der Waals surface area contributed by atoms with Crippen molar-refractivity contribution in [3.8, 4) is 0 Å². The van der Waals surface area contributed by atoms with Gasteiger partial charge in [0, 0.05) is 26.2 Å². The monoisotopic (exact) mass is 387 g/mol. The number of hydrogen-bond acceptors (Lipinski definition) is 2. The topological polar surface area (TPSA) is 12.0 Å². The zero-order valence-corrected chi connectivity index (χ0v) is 14.7. The predicted octanol–water partition coefficient (Wildman–Crippen LogP) is 5.68. The summed E-state index contributed by atoms with van der Waals surface area (Å²) in [6, 6.07) is 12.7. The van der Waals surface area contributed by atoms with Gasteiger partial charge in [0.2, 0.25) is 0 Å². The van der Waals surface area contributed by atoms with Gasteiger partial charge in [0.1, 0.15) is 5.82 Å². The van der Waals surface area contributed by atoms with E-state index >= 15 is 0 Å². The average Bonchev–Trinajstić information content (AvgIpc) is 2.46. The van der Waals surface area contributed by atoms with Gasteiger partial charge >= 0.3 is 0 Å². The summed E-state index contributed by atoms with van der Waals surface area (Å²) in [6.07, 6.45) is 0. The highest BCUT2D eigenvalue weighted by Gasteiger charge is 2.15. The van der Waals surface area contributed by atoms with E-state index in [4.69, 9.17) is 11.6 Å². The molecular weight excluding hydrogens is 373 g/mol. The van der Waals surface area contributed by atoms with Crippen LogP contribution in [0.25, 0.3) is 0 Å².